The monoisotopic (exact) mass is 287 g/mol. The highest BCUT2D eigenvalue weighted by atomic mass is 32.1. The van der Waals surface area contributed by atoms with Gasteiger partial charge in [0.25, 0.3) is 5.91 Å². The van der Waals surface area contributed by atoms with Crippen molar-refractivity contribution in [1.29, 1.82) is 0 Å². The zero-order valence-electron chi connectivity index (χ0n) is 11.4. The van der Waals surface area contributed by atoms with E-state index >= 15 is 0 Å². The maximum absolute atomic E-state index is 12.7. The van der Waals surface area contributed by atoms with Crippen molar-refractivity contribution in [1.82, 2.24) is 9.88 Å². The Bertz CT molecular complexity index is 623. The highest BCUT2D eigenvalue weighted by Gasteiger charge is 2.24. The lowest BCUT2D eigenvalue weighted by Crippen LogP contribution is -2.35. The van der Waals surface area contributed by atoms with Crippen molar-refractivity contribution < 1.29 is 4.79 Å². The number of hydrogen-bond donors (Lipinski definition) is 1. The van der Waals surface area contributed by atoms with Crippen molar-refractivity contribution >= 4 is 22.9 Å². The van der Waals surface area contributed by atoms with Gasteiger partial charge in [-0.3, -0.25) is 9.78 Å². The van der Waals surface area contributed by atoms with Gasteiger partial charge in [0.05, 0.1) is 17.4 Å². The van der Waals surface area contributed by atoms with E-state index in [2.05, 4.69) is 21.7 Å². The Hall–Kier alpha value is -1.88. The number of thiophene rings is 1. The fraction of sp³-hybridized carbons (Fsp3) is 0.333. The number of nitrogens with one attached hydrogen (secondary N) is 1. The lowest BCUT2D eigenvalue weighted by molar-refractivity contribution is 0.0736. The van der Waals surface area contributed by atoms with Crippen LogP contribution < -0.4 is 5.32 Å². The molecular formula is C15H17N3OS. The van der Waals surface area contributed by atoms with Gasteiger partial charge in [-0.05, 0) is 36.4 Å². The largest absolute Gasteiger partial charge is 0.383 e. The molecule has 0 spiro atoms. The van der Waals surface area contributed by atoms with E-state index in [1.54, 1.807) is 29.8 Å². The number of fused-ring (bicyclic) bond motifs is 1. The first-order valence-corrected chi connectivity index (χ1v) is 7.70. The maximum atomic E-state index is 12.7. The molecule has 0 aliphatic carbocycles. The minimum Gasteiger partial charge on any atom is -0.383 e. The van der Waals surface area contributed by atoms with Crippen LogP contribution in [0.5, 0.6) is 0 Å². The van der Waals surface area contributed by atoms with Crippen molar-refractivity contribution in [2.45, 2.75) is 19.9 Å². The van der Waals surface area contributed by atoms with Crippen molar-refractivity contribution in [3.8, 4) is 0 Å². The quantitative estimate of drug-likeness (QED) is 0.944. The third-order valence-corrected chi connectivity index (χ3v) is 4.54. The van der Waals surface area contributed by atoms with Gasteiger partial charge in [-0.2, -0.15) is 0 Å². The van der Waals surface area contributed by atoms with E-state index in [0.29, 0.717) is 12.1 Å². The number of nitrogens with zero attached hydrogens (tertiary/aromatic N) is 2. The number of carbonyl (C=O) groups excluding carboxylic acids is 1. The third-order valence-electron chi connectivity index (χ3n) is 3.51. The van der Waals surface area contributed by atoms with E-state index in [1.165, 1.54) is 10.4 Å². The molecule has 104 valence electrons. The normalized spacial score (nSPS) is 13.9. The van der Waals surface area contributed by atoms with Gasteiger partial charge in [0.15, 0.2) is 0 Å². The van der Waals surface area contributed by atoms with Gasteiger partial charge in [0.1, 0.15) is 0 Å². The van der Waals surface area contributed by atoms with Crippen LogP contribution in [0.2, 0.25) is 0 Å². The molecule has 2 aromatic rings. The molecule has 0 atom stereocenters. The first-order chi connectivity index (χ1) is 9.79. The Kier molecular flexibility index (Phi) is 3.69. The fourth-order valence-corrected chi connectivity index (χ4v) is 3.39. The molecule has 0 saturated carbocycles. The molecule has 0 unspecified atom stereocenters. The molecule has 0 saturated heterocycles. The van der Waals surface area contributed by atoms with Crippen molar-refractivity contribution in [2.75, 3.05) is 18.4 Å². The Labute approximate surface area is 122 Å². The van der Waals surface area contributed by atoms with Crippen LogP contribution in [0.15, 0.2) is 29.9 Å². The van der Waals surface area contributed by atoms with Gasteiger partial charge < -0.3 is 10.2 Å². The highest BCUT2D eigenvalue weighted by molar-refractivity contribution is 7.10. The van der Waals surface area contributed by atoms with Crippen LogP contribution in [0.4, 0.5) is 5.69 Å². The molecule has 0 radical (unpaired) electrons. The number of anilines is 1. The molecule has 2 aromatic heterocycles. The molecule has 4 nitrogen and oxygen atoms in total. The number of hydrogen-bond acceptors (Lipinski definition) is 4. The summed E-state index contributed by atoms with van der Waals surface area (Å²) in [6.45, 7) is 4.30. The minimum absolute atomic E-state index is 0.0835. The fourth-order valence-electron chi connectivity index (χ4n) is 2.50. The zero-order valence-corrected chi connectivity index (χ0v) is 12.2. The first-order valence-electron chi connectivity index (χ1n) is 6.82. The zero-order chi connectivity index (χ0) is 13.9. The van der Waals surface area contributed by atoms with Gasteiger partial charge in [-0.15, -0.1) is 11.3 Å². The summed E-state index contributed by atoms with van der Waals surface area (Å²) < 4.78 is 0. The molecule has 0 bridgehead atoms. The standard InChI is InChI=1S/C15H17N3OS/c1-2-17-13-9-16-6-3-12(13)15(19)18-7-4-14-11(10-18)5-8-20-14/h3,5-6,8-9,17H,2,4,7,10H2,1H3. The second-order valence-corrected chi connectivity index (χ2v) is 5.80. The smallest absolute Gasteiger partial charge is 0.256 e. The van der Waals surface area contributed by atoms with Crippen molar-refractivity contribution in [3.05, 3.63) is 45.9 Å². The average Bonchev–Trinajstić information content (AvgIpc) is 2.95. The predicted octanol–water partition coefficient (Wildman–Crippen LogP) is 2.77. The second kappa shape index (κ2) is 5.63. The van der Waals surface area contributed by atoms with Gasteiger partial charge in [0, 0.05) is 30.7 Å². The SMILES string of the molecule is CCNc1cnccc1C(=O)N1CCc2sccc2C1. The summed E-state index contributed by atoms with van der Waals surface area (Å²) in [5.74, 6) is 0.0835. The lowest BCUT2D eigenvalue weighted by atomic mass is 10.1. The summed E-state index contributed by atoms with van der Waals surface area (Å²) in [5, 5.41) is 5.31. The molecule has 20 heavy (non-hydrogen) atoms. The van der Waals surface area contributed by atoms with Crippen LogP contribution in [-0.4, -0.2) is 28.9 Å². The lowest BCUT2D eigenvalue weighted by Gasteiger charge is -2.27. The molecule has 1 aliphatic heterocycles. The van der Waals surface area contributed by atoms with Crippen LogP contribution in [0, 0.1) is 0 Å². The minimum atomic E-state index is 0.0835. The van der Waals surface area contributed by atoms with E-state index in [-0.39, 0.29) is 5.91 Å². The van der Waals surface area contributed by atoms with Crippen LogP contribution in [-0.2, 0) is 13.0 Å². The molecule has 0 aromatic carbocycles. The van der Waals surface area contributed by atoms with E-state index in [4.69, 9.17) is 0 Å². The summed E-state index contributed by atoms with van der Waals surface area (Å²) in [6, 6.07) is 3.92. The average molecular weight is 287 g/mol. The van der Waals surface area contributed by atoms with Gasteiger partial charge in [0.2, 0.25) is 0 Å². The molecular weight excluding hydrogens is 270 g/mol. The van der Waals surface area contributed by atoms with Gasteiger partial charge in [-0.25, -0.2) is 0 Å². The van der Waals surface area contributed by atoms with E-state index < -0.39 is 0 Å². The maximum Gasteiger partial charge on any atom is 0.256 e. The number of rotatable bonds is 3. The van der Waals surface area contributed by atoms with Gasteiger partial charge >= 0.3 is 0 Å². The Balaban J connectivity index is 1.83. The molecule has 1 amide bonds. The van der Waals surface area contributed by atoms with Crippen LogP contribution in [0.25, 0.3) is 0 Å². The summed E-state index contributed by atoms with van der Waals surface area (Å²) in [4.78, 5) is 20.1. The van der Waals surface area contributed by atoms with E-state index in [9.17, 15) is 4.79 Å². The van der Waals surface area contributed by atoms with Crippen LogP contribution in [0.1, 0.15) is 27.7 Å². The molecule has 5 heteroatoms. The van der Waals surface area contributed by atoms with E-state index in [1.807, 2.05) is 11.8 Å². The number of pyridine rings is 1. The summed E-state index contributed by atoms with van der Waals surface area (Å²) in [5.41, 5.74) is 2.81. The molecule has 3 rings (SSSR count). The summed E-state index contributed by atoms with van der Waals surface area (Å²) in [6.07, 6.45) is 4.35. The summed E-state index contributed by atoms with van der Waals surface area (Å²) in [7, 11) is 0. The molecule has 1 aliphatic rings. The Morgan fingerprint density at radius 1 is 1.50 bits per heavy atom. The van der Waals surface area contributed by atoms with Crippen molar-refractivity contribution in [2.24, 2.45) is 0 Å². The third kappa shape index (κ3) is 2.41. The number of carbonyl (C=O) groups is 1. The van der Waals surface area contributed by atoms with Crippen LogP contribution >= 0.6 is 11.3 Å². The Morgan fingerprint density at radius 2 is 2.40 bits per heavy atom. The van der Waals surface area contributed by atoms with Crippen molar-refractivity contribution in [3.63, 3.8) is 0 Å². The second-order valence-electron chi connectivity index (χ2n) is 4.80. The predicted molar refractivity (Wildman–Crippen MR) is 81.2 cm³/mol. The number of aromatic nitrogens is 1. The molecule has 1 N–H and O–H groups in total. The molecule has 3 heterocycles. The van der Waals surface area contributed by atoms with Crippen LogP contribution in [0.3, 0.4) is 0 Å². The highest BCUT2D eigenvalue weighted by Crippen LogP contribution is 2.26. The van der Waals surface area contributed by atoms with Gasteiger partial charge in [-0.1, -0.05) is 0 Å². The van der Waals surface area contributed by atoms with E-state index in [0.717, 1.165) is 25.2 Å². The Morgan fingerprint density at radius 3 is 3.25 bits per heavy atom. The number of amides is 1. The first kappa shape index (κ1) is 13.1. The molecule has 0 fully saturated rings. The summed E-state index contributed by atoms with van der Waals surface area (Å²) >= 11 is 1.79. The topological polar surface area (TPSA) is 45.2 Å².